The summed E-state index contributed by atoms with van der Waals surface area (Å²) >= 11 is 13.4. The highest BCUT2D eigenvalue weighted by Gasteiger charge is 2.59. The molecular formula is C47H54Cl2O15. The Hall–Kier alpha value is -3.46. The van der Waals surface area contributed by atoms with Crippen LogP contribution in [-0.2, 0) is 52.8 Å². The van der Waals surface area contributed by atoms with Gasteiger partial charge in [0.1, 0.15) is 72.5 Å². The van der Waals surface area contributed by atoms with E-state index in [0.717, 1.165) is 24.0 Å². The second-order valence-corrected chi connectivity index (χ2v) is 17.5. The average molecular weight is 930 g/mol. The molecule has 4 heterocycles. The zero-order valence-corrected chi connectivity index (χ0v) is 36.6. The minimum Gasteiger partial charge on any atom is -0.488 e. The first-order chi connectivity index (χ1) is 30.8. The molecule has 346 valence electrons. The Morgan fingerprint density at radius 3 is 1.50 bits per heavy atom. The van der Waals surface area contributed by atoms with E-state index in [-0.39, 0.29) is 23.3 Å². The van der Waals surface area contributed by atoms with E-state index >= 15 is 0 Å². The first kappa shape index (κ1) is 47.0. The van der Waals surface area contributed by atoms with Crippen molar-refractivity contribution in [1.82, 2.24) is 0 Å². The van der Waals surface area contributed by atoms with Crippen molar-refractivity contribution in [1.29, 1.82) is 0 Å². The summed E-state index contributed by atoms with van der Waals surface area (Å²) < 4.78 is 47.7. The maximum Gasteiger partial charge on any atom is 0.225 e. The van der Waals surface area contributed by atoms with Gasteiger partial charge in [0, 0.05) is 41.1 Å². The molecule has 4 aromatic rings. The van der Waals surface area contributed by atoms with Crippen molar-refractivity contribution in [2.45, 2.75) is 98.3 Å². The standard InChI is InChI=1S/C47H54Cl2O15/c1-57-46(30-6-12-36(48)28(20-30)18-26-2-8-32(9-3-26)61-34-14-16-58-23-34)44(55)43(54)41(52)39(64-46)25-60-47(45(56)42(53)40(51)38(22-50)63-47)31-7-13-37(49)29(21-31)19-27-4-10-33(11-5-27)62-35-15-17-59-24-35/h2-13,20-21,34-35,38-45,50-56H,14-19,22-25H2,1H3/t34-,35-,38-,39-,40-,41-,42+,43+,44-,45-,46-,47-/m1/s1. The van der Waals surface area contributed by atoms with Gasteiger partial charge >= 0.3 is 0 Å². The number of halogens is 2. The molecule has 4 saturated heterocycles. The van der Waals surface area contributed by atoms with Crippen molar-refractivity contribution in [3.05, 3.63) is 128 Å². The fraction of sp³-hybridized carbons (Fsp3) is 0.489. The van der Waals surface area contributed by atoms with Crippen molar-refractivity contribution in [3.63, 3.8) is 0 Å². The van der Waals surface area contributed by atoms with Gasteiger partial charge < -0.3 is 73.6 Å². The lowest BCUT2D eigenvalue weighted by atomic mass is 9.86. The smallest absolute Gasteiger partial charge is 0.225 e. The van der Waals surface area contributed by atoms with Gasteiger partial charge in [-0.3, -0.25) is 0 Å². The molecule has 0 aliphatic carbocycles. The SMILES string of the molecule is CO[C@]1(c2ccc(Cl)c(Cc3ccc(O[C@@H]4CCOC4)cc3)c2)O[C@H](CO[C@]2(c3ccc(Cl)c(Cc4ccc(O[C@@H]5CCOC5)cc4)c3)O[C@H](CO)[C@@H](O)[C@H](O)[C@H]2O)[C@@H](O)[C@H](O)[C@H]1O. The minimum absolute atomic E-state index is 0.00152. The molecule has 0 spiro atoms. The minimum atomic E-state index is -2.31. The van der Waals surface area contributed by atoms with E-state index in [9.17, 15) is 35.7 Å². The van der Waals surface area contributed by atoms with Gasteiger partial charge in [-0.25, -0.2) is 0 Å². The first-order valence-electron chi connectivity index (χ1n) is 21.3. The van der Waals surface area contributed by atoms with Gasteiger partial charge in [0.15, 0.2) is 0 Å². The zero-order valence-electron chi connectivity index (χ0n) is 35.1. The molecule has 4 aliphatic heterocycles. The molecule has 4 aromatic carbocycles. The molecule has 8 rings (SSSR count). The van der Waals surface area contributed by atoms with Crippen LogP contribution in [0.25, 0.3) is 0 Å². The summed E-state index contributed by atoms with van der Waals surface area (Å²) in [7, 11) is 1.27. The van der Waals surface area contributed by atoms with Gasteiger partial charge in [0.05, 0.1) is 39.6 Å². The Kier molecular flexibility index (Phi) is 14.8. The van der Waals surface area contributed by atoms with E-state index in [1.807, 2.05) is 48.5 Å². The molecular weight excluding hydrogens is 875 g/mol. The van der Waals surface area contributed by atoms with Crippen molar-refractivity contribution in [2.24, 2.45) is 0 Å². The lowest BCUT2D eigenvalue weighted by Crippen LogP contribution is -2.67. The summed E-state index contributed by atoms with van der Waals surface area (Å²) in [6.07, 6.45) is -11.7. The fourth-order valence-electron chi connectivity index (χ4n) is 8.70. The third-order valence-corrected chi connectivity index (χ3v) is 13.1. The number of aliphatic hydroxyl groups excluding tert-OH is 7. The van der Waals surface area contributed by atoms with Crippen LogP contribution in [0.5, 0.6) is 11.5 Å². The Morgan fingerprint density at radius 2 is 1.05 bits per heavy atom. The molecule has 0 amide bonds. The summed E-state index contributed by atoms with van der Waals surface area (Å²) in [6, 6.07) is 24.6. The lowest BCUT2D eigenvalue weighted by molar-refractivity contribution is -0.400. The van der Waals surface area contributed by atoms with Crippen molar-refractivity contribution in [3.8, 4) is 11.5 Å². The highest BCUT2D eigenvalue weighted by Crippen LogP contribution is 2.44. The summed E-state index contributed by atoms with van der Waals surface area (Å²) in [5.74, 6) is -3.00. The van der Waals surface area contributed by atoms with Crippen LogP contribution in [0.3, 0.4) is 0 Å². The van der Waals surface area contributed by atoms with E-state index < -0.39 is 73.6 Å². The van der Waals surface area contributed by atoms with Gasteiger partial charge in [0.25, 0.3) is 0 Å². The molecule has 0 unspecified atom stereocenters. The van der Waals surface area contributed by atoms with E-state index in [1.54, 1.807) is 30.3 Å². The lowest BCUT2D eigenvalue weighted by Gasteiger charge is -2.51. The van der Waals surface area contributed by atoms with E-state index in [0.29, 0.717) is 71.9 Å². The number of aliphatic hydroxyl groups is 7. The van der Waals surface area contributed by atoms with Crippen LogP contribution in [0.1, 0.15) is 46.2 Å². The van der Waals surface area contributed by atoms with Crippen LogP contribution in [-0.4, -0.2) is 144 Å². The zero-order chi connectivity index (χ0) is 45.2. The molecule has 0 bridgehead atoms. The monoisotopic (exact) mass is 928 g/mol. The number of ether oxygens (including phenoxy) is 8. The van der Waals surface area contributed by atoms with Crippen molar-refractivity contribution < 1.29 is 73.6 Å². The van der Waals surface area contributed by atoms with Crippen LogP contribution in [0.2, 0.25) is 10.0 Å². The molecule has 7 N–H and O–H groups in total. The third kappa shape index (κ3) is 9.67. The molecule has 64 heavy (non-hydrogen) atoms. The number of rotatable bonds is 15. The average Bonchev–Trinajstić information content (AvgIpc) is 4.03. The van der Waals surface area contributed by atoms with Gasteiger partial charge in [-0.15, -0.1) is 0 Å². The summed E-state index contributed by atoms with van der Waals surface area (Å²) in [4.78, 5) is 0. The number of methoxy groups -OCH3 is 1. The molecule has 0 aromatic heterocycles. The van der Waals surface area contributed by atoms with E-state index in [4.69, 9.17) is 61.1 Å². The maximum atomic E-state index is 11.8. The summed E-state index contributed by atoms with van der Waals surface area (Å²) in [6.45, 7) is 0.960. The summed E-state index contributed by atoms with van der Waals surface area (Å²) in [5, 5.41) is 79.1. The quantitative estimate of drug-likeness (QED) is 0.0913. The van der Waals surface area contributed by atoms with Crippen LogP contribution >= 0.6 is 23.2 Å². The number of benzene rings is 4. The third-order valence-electron chi connectivity index (χ3n) is 12.4. The second-order valence-electron chi connectivity index (χ2n) is 16.7. The van der Waals surface area contributed by atoms with Crippen LogP contribution < -0.4 is 9.47 Å². The van der Waals surface area contributed by atoms with Crippen molar-refractivity contribution >= 4 is 23.2 Å². The van der Waals surface area contributed by atoms with E-state index in [2.05, 4.69) is 0 Å². The molecule has 15 nitrogen and oxygen atoms in total. The highest BCUT2D eigenvalue weighted by atomic mass is 35.5. The Labute approximate surface area is 380 Å². The van der Waals surface area contributed by atoms with Gasteiger partial charge in [-0.05, 0) is 83.6 Å². The topological polar surface area (TPSA) is 215 Å². The predicted octanol–water partition coefficient (Wildman–Crippen LogP) is 3.13. The molecule has 4 fully saturated rings. The van der Waals surface area contributed by atoms with Crippen LogP contribution in [0, 0.1) is 0 Å². The fourth-order valence-corrected chi connectivity index (χ4v) is 9.07. The maximum absolute atomic E-state index is 11.8. The molecule has 17 heteroatoms. The molecule has 4 aliphatic rings. The Morgan fingerprint density at radius 1 is 0.594 bits per heavy atom. The van der Waals surface area contributed by atoms with Gasteiger partial charge in [-0.1, -0.05) is 59.6 Å². The van der Waals surface area contributed by atoms with E-state index in [1.165, 1.54) is 13.2 Å². The number of hydrogen-bond acceptors (Lipinski definition) is 15. The molecule has 12 atom stereocenters. The van der Waals surface area contributed by atoms with Gasteiger partial charge in [0.2, 0.25) is 11.6 Å². The molecule has 0 saturated carbocycles. The van der Waals surface area contributed by atoms with Gasteiger partial charge in [-0.2, -0.15) is 0 Å². The number of hydrogen-bond donors (Lipinski definition) is 7. The molecule has 0 radical (unpaired) electrons. The Bertz CT molecular complexity index is 2170. The first-order valence-corrected chi connectivity index (χ1v) is 22.1. The Balaban J connectivity index is 1.05. The second kappa shape index (κ2) is 20.2. The summed E-state index contributed by atoms with van der Waals surface area (Å²) in [5.41, 5.74) is 3.38. The van der Waals surface area contributed by atoms with Crippen LogP contribution in [0.15, 0.2) is 84.9 Å². The largest absolute Gasteiger partial charge is 0.488 e. The van der Waals surface area contributed by atoms with Crippen molar-refractivity contribution in [2.75, 3.05) is 46.8 Å². The normalized spacial score (nSPS) is 33.0. The highest BCUT2D eigenvalue weighted by molar-refractivity contribution is 6.31. The predicted molar refractivity (Wildman–Crippen MR) is 230 cm³/mol. The van der Waals surface area contributed by atoms with Crippen LogP contribution in [0.4, 0.5) is 0 Å².